The normalized spacial score (nSPS) is 10.2. The van der Waals surface area contributed by atoms with Crippen molar-refractivity contribution in [3.63, 3.8) is 0 Å². The number of nitrogens with one attached hydrogen (secondary N) is 1. The van der Waals surface area contributed by atoms with E-state index in [1.807, 2.05) is 35.0 Å². The van der Waals surface area contributed by atoms with Crippen LogP contribution in [0.15, 0.2) is 36.7 Å². The van der Waals surface area contributed by atoms with Crippen LogP contribution < -0.4 is 5.32 Å². The number of amides is 1. The molecule has 1 heterocycles. The largest absolute Gasteiger partial charge is 0.358 e. The summed E-state index contributed by atoms with van der Waals surface area (Å²) in [5, 5.41) is 2.61. The van der Waals surface area contributed by atoms with Crippen LogP contribution >= 0.6 is 22.6 Å². The van der Waals surface area contributed by atoms with Crippen LogP contribution in [-0.2, 0) is 11.3 Å². The van der Waals surface area contributed by atoms with E-state index >= 15 is 0 Å². The first-order chi connectivity index (χ1) is 8.22. The number of imidazole rings is 1. The van der Waals surface area contributed by atoms with E-state index in [4.69, 9.17) is 0 Å². The number of aromatic nitrogens is 2. The number of benzene rings is 1. The molecule has 0 aliphatic rings. The third-order valence-corrected chi connectivity index (χ3v) is 3.36. The SMILES string of the molecule is CNC(=O)Cn1ccnc1-c1ccccc1I. The molecule has 0 saturated heterocycles. The van der Waals surface area contributed by atoms with Gasteiger partial charge in [0.2, 0.25) is 5.91 Å². The van der Waals surface area contributed by atoms with Gasteiger partial charge in [0.25, 0.3) is 0 Å². The van der Waals surface area contributed by atoms with Crippen LogP contribution in [0.2, 0.25) is 0 Å². The standard InChI is InChI=1S/C12H12IN3O/c1-14-11(17)8-16-7-6-15-12(16)9-4-2-3-5-10(9)13/h2-7H,8H2,1H3,(H,14,17). The summed E-state index contributed by atoms with van der Waals surface area (Å²) in [6.07, 6.45) is 3.52. The van der Waals surface area contributed by atoms with E-state index in [9.17, 15) is 4.79 Å². The predicted molar refractivity (Wildman–Crippen MR) is 74.4 cm³/mol. The third kappa shape index (κ3) is 2.66. The first kappa shape index (κ1) is 12.1. The lowest BCUT2D eigenvalue weighted by molar-refractivity contribution is -0.121. The summed E-state index contributed by atoms with van der Waals surface area (Å²) in [6, 6.07) is 7.98. The molecule has 0 aliphatic heterocycles. The highest BCUT2D eigenvalue weighted by molar-refractivity contribution is 14.1. The number of hydrogen-bond donors (Lipinski definition) is 1. The Bertz CT molecular complexity index is 536. The molecule has 0 aliphatic carbocycles. The van der Waals surface area contributed by atoms with Gasteiger partial charge in [0, 0.05) is 28.6 Å². The van der Waals surface area contributed by atoms with Gasteiger partial charge in [0.1, 0.15) is 12.4 Å². The molecule has 0 radical (unpaired) electrons. The number of halogens is 1. The van der Waals surface area contributed by atoms with Gasteiger partial charge < -0.3 is 9.88 Å². The summed E-state index contributed by atoms with van der Waals surface area (Å²) < 4.78 is 2.96. The molecule has 2 rings (SSSR count). The van der Waals surface area contributed by atoms with Crippen LogP contribution in [0, 0.1) is 3.57 Å². The molecule has 0 fully saturated rings. The Balaban J connectivity index is 2.37. The van der Waals surface area contributed by atoms with Crippen LogP contribution in [0.1, 0.15) is 0 Å². The van der Waals surface area contributed by atoms with E-state index in [0.717, 1.165) is 15.0 Å². The molecule has 1 N–H and O–H groups in total. The topological polar surface area (TPSA) is 46.9 Å². The number of hydrogen-bond acceptors (Lipinski definition) is 2. The maximum atomic E-state index is 11.4. The Morgan fingerprint density at radius 2 is 2.24 bits per heavy atom. The average molecular weight is 341 g/mol. The maximum absolute atomic E-state index is 11.4. The van der Waals surface area contributed by atoms with Crippen molar-refractivity contribution in [3.05, 3.63) is 40.2 Å². The molecule has 4 nitrogen and oxygen atoms in total. The van der Waals surface area contributed by atoms with E-state index in [1.165, 1.54) is 0 Å². The number of nitrogens with zero attached hydrogens (tertiary/aromatic N) is 2. The Morgan fingerprint density at radius 3 is 2.94 bits per heavy atom. The highest BCUT2D eigenvalue weighted by atomic mass is 127. The molecule has 0 unspecified atom stereocenters. The highest BCUT2D eigenvalue weighted by Gasteiger charge is 2.10. The van der Waals surface area contributed by atoms with E-state index in [2.05, 4.69) is 32.9 Å². The molecule has 1 amide bonds. The molecule has 88 valence electrons. The summed E-state index contributed by atoms with van der Waals surface area (Å²) in [4.78, 5) is 15.7. The lowest BCUT2D eigenvalue weighted by Crippen LogP contribution is -2.23. The van der Waals surface area contributed by atoms with Gasteiger partial charge in [-0.05, 0) is 28.7 Å². The second-order valence-electron chi connectivity index (χ2n) is 3.53. The zero-order valence-electron chi connectivity index (χ0n) is 9.35. The van der Waals surface area contributed by atoms with Gasteiger partial charge in [-0.25, -0.2) is 4.98 Å². The fraction of sp³-hybridized carbons (Fsp3) is 0.167. The zero-order chi connectivity index (χ0) is 12.3. The fourth-order valence-electron chi connectivity index (χ4n) is 1.56. The van der Waals surface area contributed by atoms with Crippen LogP contribution in [0.3, 0.4) is 0 Å². The summed E-state index contributed by atoms with van der Waals surface area (Å²) in [7, 11) is 1.63. The Labute approximate surface area is 113 Å². The minimum absolute atomic E-state index is 0.0322. The zero-order valence-corrected chi connectivity index (χ0v) is 11.5. The number of rotatable bonds is 3. The van der Waals surface area contributed by atoms with Gasteiger partial charge >= 0.3 is 0 Å². The molecule has 1 aromatic heterocycles. The summed E-state index contributed by atoms with van der Waals surface area (Å²) in [5.74, 6) is 0.786. The Morgan fingerprint density at radius 1 is 1.47 bits per heavy atom. The molecule has 0 bridgehead atoms. The second kappa shape index (κ2) is 5.31. The fourth-order valence-corrected chi connectivity index (χ4v) is 2.19. The van der Waals surface area contributed by atoms with E-state index in [1.54, 1.807) is 13.2 Å². The van der Waals surface area contributed by atoms with Crippen molar-refractivity contribution >= 4 is 28.5 Å². The van der Waals surface area contributed by atoms with Gasteiger partial charge in [-0.3, -0.25) is 4.79 Å². The van der Waals surface area contributed by atoms with Crippen molar-refractivity contribution < 1.29 is 4.79 Å². The smallest absolute Gasteiger partial charge is 0.239 e. The minimum atomic E-state index is -0.0322. The summed E-state index contributed by atoms with van der Waals surface area (Å²) in [5.41, 5.74) is 1.04. The Kier molecular flexibility index (Phi) is 3.78. The van der Waals surface area contributed by atoms with Gasteiger partial charge in [-0.2, -0.15) is 0 Å². The van der Waals surface area contributed by atoms with Gasteiger partial charge in [0.15, 0.2) is 0 Å². The Hall–Kier alpha value is -1.37. The van der Waals surface area contributed by atoms with Crippen LogP contribution in [0.4, 0.5) is 0 Å². The van der Waals surface area contributed by atoms with Gasteiger partial charge in [0.05, 0.1) is 0 Å². The monoisotopic (exact) mass is 341 g/mol. The van der Waals surface area contributed by atoms with Gasteiger partial charge in [-0.15, -0.1) is 0 Å². The summed E-state index contributed by atoms with van der Waals surface area (Å²) in [6.45, 7) is 0.288. The van der Waals surface area contributed by atoms with E-state index < -0.39 is 0 Å². The van der Waals surface area contributed by atoms with Crippen molar-refractivity contribution in [3.8, 4) is 11.4 Å². The summed E-state index contributed by atoms with van der Waals surface area (Å²) >= 11 is 2.27. The average Bonchev–Trinajstić information content (AvgIpc) is 2.77. The molecule has 0 spiro atoms. The van der Waals surface area contributed by atoms with Crippen molar-refractivity contribution in [1.29, 1.82) is 0 Å². The molecule has 5 heteroatoms. The number of carbonyl (C=O) groups is 1. The van der Waals surface area contributed by atoms with E-state index in [-0.39, 0.29) is 12.5 Å². The lowest BCUT2D eigenvalue weighted by atomic mass is 10.2. The molecule has 0 saturated carbocycles. The molecule has 17 heavy (non-hydrogen) atoms. The van der Waals surface area contributed by atoms with Crippen LogP contribution in [0.25, 0.3) is 11.4 Å². The first-order valence-corrected chi connectivity index (χ1v) is 6.27. The predicted octanol–water partition coefficient (Wildman–Crippen LogP) is 1.90. The van der Waals surface area contributed by atoms with Crippen LogP contribution in [0.5, 0.6) is 0 Å². The van der Waals surface area contributed by atoms with Crippen molar-refractivity contribution in [2.45, 2.75) is 6.54 Å². The molecule has 2 aromatic rings. The van der Waals surface area contributed by atoms with Gasteiger partial charge in [-0.1, -0.05) is 18.2 Å². The van der Waals surface area contributed by atoms with Crippen molar-refractivity contribution in [1.82, 2.24) is 14.9 Å². The quantitative estimate of drug-likeness (QED) is 0.867. The molecular formula is C12H12IN3O. The van der Waals surface area contributed by atoms with Crippen molar-refractivity contribution in [2.24, 2.45) is 0 Å². The third-order valence-electron chi connectivity index (χ3n) is 2.42. The maximum Gasteiger partial charge on any atom is 0.239 e. The lowest BCUT2D eigenvalue weighted by Gasteiger charge is -2.08. The molecular weight excluding hydrogens is 329 g/mol. The molecule has 0 atom stereocenters. The highest BCUT2D eigenvalue weighted by Crippen LogP contribution is 2.23. The second-order valence-corrected chi connectivity index (χ2v) is 4.69. The number of carbonyl (C=O) groups excluding carboxylic acids is 1. The van der Waals surface area contributed by atoms with Crippen molar-refractivity contribution in [2.75, 3.05) is 7.05 Å². The van der Waals surface area contributed by atoms with Crippen LogP contribution in [-0.4, -0.2) is 22.5 Å². The van der Waals surface area contributed by atoms with E-state index in [0.29, 0.717) is 0 Å². The minimum Gasteiger partial charge on any atom is -0.358 e. The molecule has 1 aromatic carbocycles. The first-order valence-electron chi connectivity index (χ1n) is 5.19. The number of likely N-dealkylation sites (N-methyl/N-ethyl adjacent to an activating group) is 1.